The average molecular weight is 634 g/mol. The maximum absolute atomic E-state index is 17.0. The number of aryl methyl sites for hydroxylation is 1. The van der Waals surface area contributed by atoms with Gasteiger partial charge in [0.25, 0.3) is 0 Å². The summed E-state index contributed by atoms with van der Waals surface area (Å²) in [6.07, 6.45) is 4.56. The van der Waals surface area contributed by atoms with E-state index < -0.39 is 17.5 Å². The standard InChI is InChI=1S/C35H38F3N5O3/c1-3-24-27(37)6-5-20-11-23(45-2)12-25(29(20)24)31-30(38)32-26(14-39-31)33(42-15-19-9-21(16-42)28(44)10-19)41-34(40-32)46-18-35-7-4-8-43(35)17-22(36)13-35/h5-6,11-12,14,19,21-22,28,44H,3-4,7-10,13,15-18H2,1-2H3/t19-,21-,22-,28-,35+/m1/s1. The first kappa shape index (κ1) is 29.7. The van der Waals surface area contributed by atoms with Crippen LogP contribution in [0.3, 0.4) is 0 Å². The van der Waals surface area contributed by atoms with Gasteiger partial charge in [-0.15, -0.1) is 0 Å². The third kappa shape index (κ3) is 4.76. The van der Waals surface area contributed by atoms with E-state index in [1.54, 1.807) is 24.4 Å². The number of aromatic nitrogens is 3. The number of benzene rings is 2. The number of aliphatic hydroxyl groups is 1. The summed E-state index contributed by atoms with van der Waals surface area (Å²) in [7, 11) is 1.53. The molecular formula is C35H38F3N5O3. The van der Waals surface area contributed by atoms with Crippen LogP contribution in [0.25, 0.3) is 32.9 Å². The van der Waals surface area contributed by atoms with Gasteiger partial charge in [-0.3, -0.25) is 9.88 Å². The molecule has 1 aliphatic carbocycles. The Hall–Kier alpha value is -3.70. The Morgan fingerprint density at radius 1 is 1.11 bits per heavy atom. The fourth-order valence-corrected chi connectivity index (χ4v) is 8.70. The van der Waals surface area contributed by atoms with E-state index in [0.717, 1.165) is 32.2 Å². The van der Waals surface area contributed by atoms with Gasteiger partial charge in [-0.25, -0.2) is 13.2 Å². The first-order valence-corrected chi connectivity index (χ1v) is 16.4. The summed E-state index contributed by atoms with van der Waals surface area (Å²) in [5.41, 5.74) is 0.526. The number of ether oxygens (including phenoxy) is 2. The zero-order chi connectivity index (χ0) is 31.7. The number of aliphatic hydroxyl groups excluding tert-OH is 1. The molecule has 0 radical (unpaired) electrons. The molecule has 11 heteroatoms. The van der Waals surface area contributed by atoms with E-state index in [1.165, 1.54) is 13.2 Å². The number of halogens is 3. The van der Waals surface area contributed by atoms with Crippen molar-refractivity contribution in [3.05, 3.63) is 47.7 Å². The molecule has 0 unspecified atom stereocenters. The highest BCUT2D eigenvalue weighted by Gasteiger charge is 2.49. The van der Waals surface area contributed by atoms with Crippen LogP contribution in [0.4, 0.5) is 19.0 Å². The van der Waals surface area contributed by atoms with Crippen molar-refractivity contribution in [1.29, 1.82) is 0 Å². The van der Waals surface area contributed by atoms with E-state index in [1.807, 2.05) is 6.92 Å². The molecular weight excluding hydrogens is 595 g/mol. The Bertz CT molecular complexity index is 1840. The monoisotopic (exact) mass is 633 g/mol. The van der Waals surface area contributed by atoms with Crippen molar-refractivity contribution in [2.75, 3.05) is 44.8 Å². The molecule has 8 rings (SSSR count). The van der Waals surface area contributed by atoms with Crippen molar-refractivity contribution in [3.8, 4) is 23.0 Å². The van der Waals surface area contributed by atoms with Crippen LogP contribution in [0.15, 0.2) is 30.5 Å². The van der Waals surface area contributed by atoms with E-state index in [9.17, 15) is 9.50 Å². The Labute approximate surface area is 265 Å². The minimum Gasteiger partial charge on any atom is -0.497 e. The number of alkyl halides is 1. The average Bonchev–Trinajstić information content (AvgIpc) is 3.67. The van der Waals surface area contributed by atoms with Crippen LogP contribution >= 0.6 is 0 Å². The number of nitrogens with zero attached hydrogens (tertiary/aromatic N) is 5. The van der Waals surface area contributed by atoms with Gasteiger partial charge in [0.05, 0.1) is 24.1 Å². The highest BCUT2D eigenvalue weighted by atomic mass is 19.1. The van der Waals surface area contributed by atoms with Crippen LogP contribution in [0.5, 0.6) is 11.8 Å². The molecule has 4 aliphatic rings. The molecule has 8 nitrogen and oxygen atoms in total. The lowest BCUT2D eigenvalue weighted by Crippen LogP contribution is -2.43. The van der Waals surface area contributed by atoms with E-state index in [-0.39, 0.29) is 41.7 Å². The summed E-state index contributed by atoms with van der Waals surface area (Å²) < 4.78 is 58.3. The van der Waals surface area contributed by atoms with Crippen LogP contribution < -0.4 is 14.4 Å². The van der Waals surface area contributed by atoms with Gasteiger partial charge in [-0.2, -0.15) is 9.97 Å². The number of fused-ring (bicyclic) bond motifs is 5. The molecule has 5 atom stereocenters. The largest absolute Gasteiger partial charge is 0.497 e. The van der Waals surface area contributed by atoms with Crippen molar-refractivity contribution in [2.45, 2.75) is 63.3 Å². The highest BCUT2D eigenvalue weighted by molar-refractivity contribution is 6.01. The van der Waals surface area contributed by atoms with Gasteiger partial charge in [0.2, 0.25) is 0 Å². The maximum atomic E-state index is 17.0. The van der Waals surface area contributed by atoms with Crippen molar-refractivity contribution >= 4 is 27.5 Å². The fourth-order valence-electron chi connectivity index (χ4n) is 8.70. The molecule has 0 spiro atoms. The lowest BCUT2D eigenvalue weighted by molar-refractivity contribution is 0.107. The van der Waals surface area contributed by atoms with Crippen LogP contribution in [-0.4, -0.2) is 82.7 Å². The summed E-state index contributed by atoms with van der Waals surface area (Å²) in [5, 5.41) is 12.3. The molecule has 4 fully saturated rings. The predicted octanol–water partition coefficient (Wildman–Crippen LogP) is 5.86. The number of hydrogen-bond donors (Lipinski definition) is 1. The van der Waals surface area contributed by atoms with Crippen LogP contribution in [0.2, 0.25) is 0 Å². The number of anilines is 1. The molecule has 2 aromatic carbocycles. The minimum atomic E-state index is -0.908. The van der Waals surface area contributed by atoms with Crippen LogP contribution in [-0.2, 0) is 6.42 Å². The second-order valence-corrected chi connectivity index (χ2v) is 13.6. The summed E-state index contributed by atoms with van der Waals surface area (Å²) in [4.78, 5) is 18.3. The Kier molecular flexibility index (Phi) is 7.24. The van der Waals surface area contributed by atoms with Crippen molar-refractivity contribution in [1.82, 2.24) is 19.9 Å². The molecule has 3 aliphatic heterocycles. The van der Waals surface area contributed by atoms with E-state index in [2.05, 4.69) is 19.8 Å². The maximum Gasteiger partial charge on any atom is 0.319 e. The third-order valence-electron chi connectivity index (χ3n) is 10.8. The molecule has 5 heterocycles. The van der Waals surface area contributed by atoms with Gasteiger partial charge in [-0.1, -0.05) is 13.0 Å². The predicted molar refractivity (Wildman–Crippen MR) is 169 cm³/mol. The summed E-state index contributed by atoms with van der Waals surface area (Å²) in [6.45, 7) is 4.54. The topological polar surface area (TPSA) is 83.8 Å². The summed E-state index contributed by atoms with van der Waals surface area (Å²) in [5.74, 6) is 0.367. The Balaban J connectivity index is 1.28. The second kappa shape index (κ2) is 11.2. The van der Waals surface area contributed by atoms with Gasteiger partial charge in [0.1, 0.15) is 41.4 Å². The van der Waals surface area contributed by atoms with Crippen LogP contribution in [0, 0.1) is 23.5 Å². The molecule has 0 amide bonds. The quantitative estimate of drug-likeness (QED) is 0.271. The molecule has 2 bridgehead atoms. The van der Waals surface area contributed by atoms with Gasteiger partial charge in [-0.05, 0) is 79.1 Å². The Morgan fingerprint density at radius 2 is 1.98 bits per heavy atom. The van der Waals surface area contributed by atoms with E-state index >= 15 is 8.78 Å². The first-order chi connectivity index (χ1) is 22.3. The molecule has 242 valence electrons. The highest BCUT2D eigenvalue weighted by Crippen LogP contribution is 2.43. The number of piperidine rings is 1. The number of pyridine rings is 1. The summed E-state index contributed by atoms with van der Waals surface area (Å²) >= 11 is 0. The zero-order valence-electron chi connectivity index (χ0n) is 26.1. The number of rotatable bonds is 7. The van der Waals surface area contributed by atoms with Gasteiger partial charge < -0.3 is 19.5 Å². The SMILES string of the molecule is CCc1c(F)ccc2cc(OC)cc(-c3ncc4c(N5C[C@@H]6C[C@H](C5)[C@H](O)C6)nc(OC[C@@]56CCCN5C[C@H](F)C6)nc4c3F)c12. The van der Waals surface area contributed by atoms with Crippen molar-refractivity contribution < 1.29 is 27.8 Å². The van der Waals surface area contributed by atoms with Gasteiger partial charge >= 0.3 is 6.01 Å². The van der Waals surface area contributed by atoms with E-state index in [4.69, 9.17) is 14.5 Å². The third-order valence-corrected chi connectivity index (χ3v) is 10.8. The normalized spacial score (nSPS) is 27.6. The van der Waals surface area contributed by atoms with E-state index in [0.29, 0.717) is 77.2 Å². The minimum absolute atomic E-state index is 0.0244. The Morgan fingerprint density at radius 3 is 2.78 bits per heavy atom. The zero-order valence-corrected chi connectivity index (χ0v) is 26.1. The molecule has 1 N–H and O–H groups in total. The molecule has 46 heavy (non-hydrogen) atoms. The smallest absolute Gasteiger partial charge is 0.319 e. The number of hydrogen-bond acceptors (Lipinski definition) is 8. The number of methoxy groups -OCH3 is 1. The molecule has 4 aromatic rings. The van der Waals surface area contributed by atoms with Crippen LogP contribution in [0.1, 0.15) is 44.6 Å². The molecule has 3 saturated heterocycles. The van der Waals surface area contributed by atoms with Crippen molar-refractivity contribution in [2.24, 2.45) is 11.8 Å². The lowest BCUT2D eigenvalue weighted by atomic mass is 9.94. The fraction of sp³-hybridized carbons (Fsp3) is 0.514. The lowest BCUT2D eigenvalue weighted by Gasteiger charge is -2.34. The molecule has 2 aromatic heterocycles. The summed E-state index contributed by atoms with van der Waals surface area (Å²) in [6, 6.07) is 6.59. The second-order valence-electron chi connectivity index (χ2n) is 13.6. The first-order valence-electron chi connectivity index (χ1n) is 16.4. The molecule has 1 saturated carbocycles. The van der Waals surface area contributed by atoms with Gasteiger partial charge in [0, 0.05) is 43.7 Å². The van der Waals surface area contributed by atoms with Gasteiger partial charge in [0.15, 0.2) is 5.82 Å². The van der Waals surface area contributed by atoms with Crippen molar-refractivity contribution in [3.63, 3.8) is 0 Å².